The molecule has 4 nitrogen and oxygen atoms in total. The monoisotopic (exact) mass is 286 g/mol. The standard InChI is InChI=1S/C14H22N2O2.ClH/c1-9(2)10(3)7-14(17)16-13-8-11(18-4)5-6-12(13)15;/h5-6,8-10H,7,15H2,1-4H3,(H,16,17);1H. The molecule has 0 aliphatic heterocycles. The van der Waals surface area contributed by atoms with Crippen LogP contribution in [0.5, 0.6) is 5.75 Å². The Morgan fingerprint density at radius 3 is 2.53 bits per heavy atom. The molecule has 0 aromatic heterocycles. The third kappa shape index (κ3) is 5.39. The molecule has 5 heteroatoms. The molecule has 1 aromatic carbocycles. The fourth-order valence-corrected chi connectivity index (χ4v) is 1.50. The normalized spacial score (nSPS) is 11.6. The van der Waals surface area contributed by atoms with Gasteiger partial charge in [-0.25, -0.2) is 0 Å². The van der Waals surface area contributed by atoms with Crippen LogP contribution < -0.4 is 15.8 Å². The second-order valence-corrected chi connectivity index (χ2v) is 4.93. The number of nitrogens with one attached hydrogen (secondary N) is 1. The molecular weight excluding hydrogens is 264 g/mol. The maximum atomic E-state index is 11.9. The number of anilines is 2. The molecule has 0 aliphatic rings. The highest BCUT2D eigenvalue weighted by Crippen LogP contribution is 2.25. The zero-order valence-electron chi connectivity index (χ0n) is 11.9. The maximum absolute atomic E-state index is 11.9. The van der Waals surface area contributed by atoms with Crippen molar-refractivity contribution in [3.63, 3.8) is 0 Å². The quantitative estimate of drug-likeness (QED) is 0.816. The van der Waals surface area contributed by atoms with Crippen molar-refractivity contribution in [1.82, 2.24) is 0 Å². The molecule has 1 unspecified atom stereocenters. The number of rotatable bonds is 5. The van der Waals surface area contributed by atoms with Crippen molar-refractivity contribution in [3.05, 3.63) is 18.2 Å². The average molecular weight is 287 g/mol. The van der Waals surface area contributed by atoms with Crippen LogP contribution in [0, 0.1) is 11.8 Å². The third-order valence-electron chi connectivity index (χ3n) is 3.18. The van der Waals surface area contributed by atoms with Crippen LogP contribution in [-0.4, -0.2) is 13.0 Å². The number of nitrogens with two attached hydrogens (primary N) is 1. The second-order valence-electron chi connectivity index (χ2n) is 4.93. The van der Waals surface area contributed by atoms with Crippen molar-refractivity contribution < 1.29 is 9.53 Å². The van der Waals surface area contributed by atoms with Gasteiger partial charge in [-0.1, -0.05) is 20.8 Å². The second kappa shape index (κ2) is 7.89. The molecule has 0 bridgehead atoms. The van der Waals surface area contributed by atoms with E-state index in [-0.39, 0.29) is 18.3 Å². The van der Waals surface area contributed by atoms with Crippen LogP contribution in [0.25, 0.3) is 0 Å². The number of carbonyl (C=O) groups excluding carboxylic acids is 1. The van der Waals surface area contributed by atoms with Gasteiger partial charge in [0.15, 0.2) is 0 Å². The van der Waals surface area contributed by atoms with E-state index in [0.717, 1.165) is 0 Å². The summed E-state index contributed by atoms with van der Waals surface area (Å²) in [7, 11) is 1.58. The summed E-state index contributed by atoms with van der Waals surface area (Å²) in [5, 5.41) is 2.83. The number of hydrogen-bond donors (Lipinski definition) is 2. The molecule has 0 heterocycles. The third-order valence-corrected chi connectivity index (χ3v) is 3.18. The van der Waals surface area contributed by atoms with Crippen LogP contribution in [0.2, 0.25) is 0 Å². The molecule has 0 radical (unpaired) electrons. The summed E-state index contributed by atoms with van der Waals surface area (Å²) in [5.74, 6) is 1.49. The van der Waals surface area contributed by atoms with Crippen molar-refractivity contribution in [1.29, 1.82) is 0 Å². The Hall–Kier alpha value is -1.42. The number of halogens is 1. The van der Waals surface area contributed by atoms with Crippen LogP contribution in [-0.2, 0) is 4.79 Å². The van der Waals surface area contributed by atoms with Gasteiger partial charge in [-0.15, -0.1) is 12.4 Å². The first-order chi connectivity index (χ1) is 8.43. The topological polar surface area (TPSA) is 64.3 Å². The molecule has 1 aromatic rings. The predicted molar refractivity (Wildman–Crippen MR) is 81.9 cm³/mol. The Kier molecular flexibility index (Phi) is 7.30. The SMILES string of the molecule is COc1ccc(N)c(NC(=O)CC(C)C(C)C)c1.Cl. The molecule has 1 rings (SSSR count). The molecule has 0 fully saturated rings. The highest BCUT2D eigenvalue weighted by Gasteiger charge is 2.13. The fourth-order valence-electron chi connectivity index (χ4n) is 1.50. The number of benzene rings is 1. The van der Waals surface area contributed by atoms with Crippen molar-refractivity contribution in [2.45, 2.75) is 27.2 Å². The van der Waals surface area contributed by atoms with Gasteiger partial charge in [0.25, 0.3) is 0 Å². The van der Waals surface area contributed by atoms with E-state index in [0.29, 0.717) is 35.4 Å². The summed E-state index contributed by atoms with van der Waals surface area (Å²) in [5.41, 5.74) is 6.96. The van der Waals surface area contributed by atoms with Crippen LogP contribution >= 0.6 is 12.4 Å². The summed E-state index contributed by atoms with van der Waals surface area (Å²) in [6.45, 7) is 6.29. The number of methoxy groups -OCH3 is 1. The van der Waals surface area contributed by atoms with Crippen molar-refractivity contribution in [3.8, 4) is 5.75 Å². The van der Waals surface area contributed by atoms with E-state index in [9.17, 15) is 4.79 Å². The predicted octanol–water partition coefficient (Wildman–Crippen LogP) is 3.32. The summed E-state index contributed by atoms with van der Waals surface area (Å²) in [6.07, 6.45) is 0.494. The summed E-state index contributed by atoms with van der Waals surface area (Å²) in [6, 6.07) is 5.22. The Bertz CT molecular complexity index is 422. The molecule has 19 heavy (non-hydrogen) atoms. The van der Waals surface area contributed by atoms with E-state index in [2.05, 4.69) is 26.1 Å². The number of carbonyl (C=O) groups is 1. The Morgan fingerprint density at radius 2 is 2.00 bits per heavy atom. The lowest BCUT2D eigenvalue weighted by atomic mass is 9.94. The molecule has 1 atom stereocenters. The van der Waals surface area contributed by atoms with Gasteiger partial charge in [-0.05, 0) is 24.0 Å². The zero-order chi connectivity index (χ0) is 13.7. The summed E-state index contributed by atoms with van der Waals surface area (Å²) >= 11 is 0. The minimum atomic E-state index is -0.0175. The molecule has 0 spiro atoms. The van der Waals surface area contributed by atoms with E-state index in [1.807, 2.05) is 0 Å². The fraction of sp³-hybridized carbons (Fsp3) is 0.500. The molecular formula is C14H23ClN2O2. The minimum Gasteiger partial charge on any atom is -0.497 e. The van der Waals surface area contributed by atoms with E-state index in [4.69, 9.17) is 10.5 Å². The number of ether oxygens (including phenoxy) is 1. The van der Waals surface area contributed by atoms with Gasteiger partial charge < -0.3 is 15.8 Å². The molecule has 3 N–H and O–H groups in total. The Balaban J connectivity index is 0.00000324. The van der Waals surface area contributed by atoms with E-state index < -0.39 is 0 Å². The molecule has 0 saturated carbocycles. The lowest BCUT2D eigenvalue weighted by Gasteiger charge is -2.16. The van der Waals surface area contributed by atoms with E-state index in [1.54, 1.807) is 25.3 Å². The smallest absolute Gasteiger partial charge is 0.224 e. The molecule has 108 valence electrons. The van der Waals surface area contributed by atoms with Crippen LogP contribution in [0.15, 0.2) is 18.2 Å². The van der Waals surface area contributed by atoms with Gasteiger partial charge >= 0.3 is 0 Å². The van der Waals surface area contributed by atoms with Crippen molar-refractivity contribution in [2.24, 2.45) is 11.8 Å². The highest BCUT2D eigenvalue weighted by atomic mass is 35.5. The number of nitrogen functional groups attached to an aromatic ring is 1. The van der Waals surface area contributed by atoms with E-state index >= 15 is 0 Å². The van der Waals surface area contributed by atoms with Crippen LogP contribution in [0.4, 0.5) is 11.4 Å². The molecule has 0 aliphatic carbocycles. The van der Waals surface area contributed by atoms with Gasteiger partial charge in [-0.3, -0.25) is 4.79 Å². The minimum absolute atomic E-state index is 0. The number of hydrogen-bond acceptors (Lipinski definition) is 3. The summed E-state index contributed by atoms with van der Waals surface area (Å²) in [4.78, 5) is 11.9. The zero-order valence-corrected chi connectivity index (χ0v) is 12.7. The van der Waals surface area contributed by atoms with Crippen LogP contribution in [0.1, 0.15) is 27.2 Å². The van der Waals surface area contributed by atoms with Crippen molar-refractivity contribution >= 4 is 29.7 Å². The lowest BCUT2D eigenvalue weighted by Crippen LogP contribution is -2.18. The van der Waals surface area contributed by atoms with Gasteiger partial charge in [0.1, 0.15) is 5.75 Å². The molecule has 0 saturated heterocycles. The van der Waals surface area contributed by atoms with Gasteiger partial charge in [0.05, 0.1) is 18.5 Å². The van der Waals surface area contributed by atoms with E-state index in [1.165, 1.54) is 0 Å². The first-order valence-corrected chi connectivity index (χ1v) is 6.17. The highest BCUT2D eigenvalue weighted by molar-refractivity contribution is 5.94. The average Bonchev–Trinajstić information content (AvgIpc) is 2.31. The Morgan fingerprint density at radius 1 is 1.37 bits per heavy atom. The van der Waals surface area contributed by atoms with Crippen molar-refractivity contribution in [2.75, 3.05) is 18.2 Å². The lowest BCUT2D eigenvalue weighted by molar-refractivity contribution is -0.117. The first-order valence-electron chi connectivity index (χ1n) is 6.17. The van der Waals surface area contributed by atoms with Gasteiger partial charge in [0.2, 0.25) is 5.91 Å². The largest absolute Gasteiger partial charge is 0.497 e. The molecule has 1 amide bonds. The summed E-state index contributed by atoms with van der Waals surface area (Å²) < 4.78 is 5.10. The van der Waals surface area contributed by atoms with Crippen LogP contribution in [0.3, 0.4) is 0 Å². The van der Waals surface area contributed by atoms with Gasteiger partial charge in [-0.2, -0.15) is 0 Å². The number of amides is 1. The maximum Gasteiger partial charge on any atom is 0.224 e. The first kappa shape index (κ1) is 17.6. The van der Waals surface area contributed by atoms with Gasteiger partial charge in [0, 0.05) is 12.5 Å². The Labute approximate surface area is 121 Å².